The van der Waals surface area contributed by atoms with Crippen molar-refractivity contribution in [3.8, 4) is 5.75 Å². The van der Waals surface area contributed by atoms with E-state index in [1.807, 2.05) is 0 Å². The van der Waals surface area contributed by atoms with E-state index in [4.69, 9.17) is 4.74 Å². The van der Waals surface area contributed by atoms with E-state index >= 15 is 0 Å². The van der Waals surface area contributed by atoms with Crippen molar-refractivity contribution in [3.63, 3.8) is 0 Å². The van der Waals surface area contributed by atoms with Crippen molar-refractivity contribution in [2.75, 3.05) is 13.1 Å². The third kappa shape index (κ3) is 5.38. The molecular weight excluding hydrogens is 393 g/mol. The topological polar surface area (TPSA) is 38.8 Å². The Morgan fingerprint density at radius 3 is 2.48 bits per heavy atom. The Labute approximate surface area is 184 Å². The second kappa shape index (κ2) is 9.99. The number of benzene rings is 2. The van der Waals surface area contributed by atoms with E-state index in [1.165, 1.54) is 29.2 Å². The number of likely N-dealkylation sites (tertiary alicyclic amines) is 1. The third-order valence-electron chi connectivity index (χ3n) is 7.26. The molecule has 1 saturated carbocycles. The van der Waals surface area contributed by atoms with Gasteiger partial charge < -0.3 is 4.74 Å². The Kier molecular flexibility index (Phi) is 7.11. The van der Waals surface area contributed by atoms with Crippen LogP contribution in [0.1, 0.15) is 57.9 Å². The summed E-state index contributed by atoms with van der Waals surface area (Å²) in [5.41, 5.74) is 1.24. The Morgan fingerprint density at radius 2 is 1.81 bits per heavy atom. The van der Waals surface area contributed by atoms with Crippen LogP contribution in [-0.4, -0.2) is 30.1 Å². The van der Waals surface area contributed by atoms with E-state index in [2.05, 4.69) is 60.1 Å². The van der Waals surface area contributed by atoms with E-state index in [0.29, 0.717) is 18.9 Å². The summed E-state index contributed by atoms with van der Waals surface area (Å²) in [4.78, 5) is 17.1. The lowest BCUT2D eigenvalue weighted by molar-refractivity contribution is -0.190. The number of rotatable bonds is 6. The van der Waals surface area contributed by atoms with Gasteiger partial charge in [-0.3, -0.25) is 9.84 Å². The van der Waals surface area contributed by atoms with Gasteiger partial charge in [-0.2, -0.15) is 0 Å². The summed E-state index contributed by atoms with van der Waals surface area (Å²) >= 11 is 0. The molecule has 2 aromatic rings. The maximum Gasteiger partial charge on any atom is 0.351 e. The van der Waals surface area contributed by atoms with Crippen LogP contribution in [-0.2, 0) is 16.3 Å². The number of hydrogen-bond donors (Lipinski definition) is 0. The number of halogens is 1. The quantitative estimate of drug-likeness (QED) is 0.561. The molecule has 1 heterocycles. The average Bonchev–Trinajstić information content (AvgIpc) is 2.79. The SMILES string of the molecule is CC(C)C1CCC(Oc2cccc3cc(CN4CCC(C(=O)OF)CC4)ccc23)CC1. The summed E-state index contributed by atoms with van der Waals surface area (Å²) in [5, 5.41) is 2.36. The minimum absolute atomic E-state index is 0.312. The maximum atomic E-state index is 12.1. The maximum absolute atomic E-state index is 12.1. The van der Waals surface area contributed by atoms with E-state index in [-0.39, 0.29) is 5.92 Å². The molecule has 1 saturated heterocycles. The lowest BCUT2D eigenvalue weighted by Gasteiger charge is -2.31. The molecule has 0 atom stereocenters. The molecule has 2 fully saturated rings. The van der Waals surface area contributed by atoms with Gasteiger partial charge in [-0.1, -0.05) is 38.1 Å². The minimum atomic E-state index is -0.726. The van der Waals surface area contributed by atoms with Crippen molar-refractivity contribution >= 4 is 16.7 Å². The molecule has 0 amide bonds. The molecule has 0 N–H and O–H groups in total. The summed E-state index contributed by atoms with van der Waals surface area (Å²) < 4.78 is 18.6. The lowest BCUT2D eigenvalue weighted by Crippen LogP contribution is -2.36. The zero-order valence-corrected chi connectivity index (χ0v) is 18.7. The molecule has 31 heavy (non-hydrogen) atoms. The van der Waals surface area contributed by atoms with Crippen LogP contribution in [0.4, 0.5) is 4.53 Å². The zero-order chi connectivity index (χ0) is 21.8. The Balaban J connectivity index is 1.38. The van der Waals surface area contributed by atoms with Gasteiger partial charge in [0.2, 0.25) is 0 Å². The molecule has 1 aliphatic heterocycles. The van der Waals surface area contributed by atoms with Gasteiger partial charge in [-0.15, -0.1) is 0 Å². The van der Waals surface area contributed by atoms with Gasteiger partial charge in [-0.05, 0) is 86.5 Å². The fourth-order valence-corrected chi connectivity index (χ4v) is 5.21. The van der Waals surface area contributed by atoms with E-state index in [0.717, 1.165) is 50.1 Å². The molecule has 0 bridgehead atoms. The number of hydrogen-bond acceptors (Lipinski definition) is 4. The summed E-state index contributed by atoms with van der Waals surface area (Å²) in [7, 11) is 0. The number of carbonyl (C=O) groups is 1. The van der Waals surface area contributed by atoms with Gasteiger partial charge in [0, 0.05) is 16.5 Å². The summed E-state index contributed by atoms with van der Waals surface area (Å²) in [6.07, 6.45) is 6.42. The highest BCUT2D eigenvalue weighted by molar-refractivity contribution is 5.88. The predicted octanol–water partition coefficient (Wildman–Crippen LogP) is 6.07. The van der Waals surface area contributed by atoms with Gasteiger partial charge in [0.15, 0.2) is 0 Å². The van der Waals surface area contributed by atoms with Crippen LogP contribution in [0.3, 0.4) is 0 Å². The van der Waals surface area contributed by atoms with Crippen molar-refractivity contribution in [2.45, 2.75) is 65.0 Å². The standard InChI is InChI=1S/C26H34FNO3/c1-18(2)20-7-9-23(10-8-20)30-25-5-3-4-22-16-19(6-11-24(22)25)17-28-14-12-21(13-15-28)26(29)31-27/h3-6,11,16,18,20-21,23H,7-10,12-15,17H2,1-2H3. The lowest BCUT2D eigenvalue weighted by atomic mass is 9.80. The number of carbonyl (C=O) groups excluding carboxylic acids is 1. The van der Waals surface area contributed by atoms with E-state index in [9.17, 15) is 9.32 Å². The largest absolute Gasteiger partial charge is 0.490 e. The Hall–Kier alpha value is -2.14. The van der Waals surface area contributed by atoms with Crippen molar-refractivity contribution in [3.05, 3.63) is 42.0 Å². The zero-order valence-electron chi connectivity index (χ0n) is 18.7. The van der Waals surface area contributed by atoms with E-state index in [1.54, 1.807) is 0 Å². The number of nitrogens with zero attached hydrogens (tertiary/aromatic N) is 1. The second-order valence-corrected chi connectivity index (χ2v) is 9.66. The van der Waals surface area contributed by atoms with E-state index < -0.39 is 5.97 Å². The first-order chi connectivity index (χ1) is 15.0. The smallest absolute Gasteiger partial charge is 0.351 e. The molecule has 1 aliphatic carbocycles. The molecular formula is C26H34FNO3. The Bertz CT molecular complexity index is 883. The minimum Gasteiger partial charge on any atom is -0.490 e. The molecule has 5 heteroatoms. The van der Waals surface area contributed by atoms with Crippen LogP contribution in [0.5, 0.6) is 5.75 Å². The number of ether oxygens (including phenoxy) is 1. The second-order valence-electron chi connectivity index (χ2n) is 9.66. The Morgan fingerprint density at radius 1 is 1.06 bits per heavy atom. The molecule has 4 nitrogen and oxygen atoms in total. The highest BCUT2D eigenvalue weighted by Gasteiger charge is 2.27. The number of piperidine rings is 1. The molecule has 168 valence electrons. The average molecular weight is 428 g/mol. The molecule has 0 aromatic heterocycles. The highest BCUT2D eigenvalue weighted by Crippen LogP contribution is 2.34. The molecule has 2 aliphatic rings. The van der Waals surface area contributed by atoms with Crippen molar-refractivity contribution in [1.82, 2.24) is 4.90 Å². The van der Waals surface area contributed by atoms with Gasteiger partial charge in [0.05, 0.1) is 12.0 Å². The fourth-order valence-electron chi connectivity index (χ4n) is 5.21. The molecule has 0 radical (unpaired) electrons. The van der Waals surface area contributed by atoms with Crippen LogP contribution < -0.4 is 4.74 Å². The van der Waals surface area contributed by atoms with Gasteiger partial charge in [0.1, 0.15) is 5.75 Å². The first kappa shape index (κ1) is 22.1. The number of fused-ring (bicyclic) bond motifs is 1. The van der Waals surface area contributed by atoms with Crippen LogP contribution in [0, 0.1) is 17.8 Å². The molecule has 4 rings (SSSR count). The van der Waals surface area contributed by atoms with Crippen LogP contribution in [0.25, 0.3) is 10.8 Å². The summed E-state index contributed by atoms with van der Waals surface area (Å²) in [5.74, 6) is 1.55. The first-order valence-electron chi connectivity index (χ1n) is 11.8. The highest BCUT2D eigenvalue weighted by atomic mass is 19.3. The van der Waals surface area contributed by atoms with Gasteiger partial charge in [0.25, 0.3) is 0 Å². The third-order valence-corrected chi connectivity index (χ3v) is 7.26. The van der Waals surface area contributed by atoms with Crippen molar-refractivity contribution in [2.24, 2.45) is 17.8 Å². The van der Waals surface area contributed by atoms with Crippen molar-refractivity contribution in [1.29, 1.82) is 0 Å². The summed E-state index contributed by atoms with van der Waals surface area (Å²) in [6, 6.07) is 12.9. The molecule has 0 spiro atoms. The summed E-state index contributed by atoms with van der Waals surface area (Å²) in [6.45, 7) is 7.04. The van der Waals surface area contributed by atoms with Crippen LogP contribution >= 0.6 is 0 Å². The van der Waals surface area contributed by atoms with Crippen LogP contribution in [0.15, 0.2) is 36.4 Å². The first-order valence-corrected chi connectivity index (χ1v) is 11.8. The normalized spacial score (nSPS) is 23.2. The van der Waals surface area contributed by atoms with Crippen LogP contribution in [0.2, 0.25) is 0 Å². The monoisotopic (exact) mass is 427 g/mol. The molecule has 2 aromatic carbocycles. The fraction of sp³-hybridized carbons (Fsp3) is 0.577. The van der Waals surface area contributed by atoms with Gasteiger partial charge in [-0.25, -0.2) is 4.79 Å². The predicted molar refractivity (Wildman–Crippen MR) is 120 cm³/mol. The molecule has 0 unspecified atom stereocenters. The van der Waals surface area contributed by atoms with Gasteiger partial charge >= 0.3 is 5.97 Å². The van der Waals surface area contributed by atoms with Crippen molar-refractivity contribution < 1.29 is 19.0 Å².